The number of anilines is 4. The number of hydrogen-bond donors (Lipinski definition) is 0. The van der Waals surface area contributed by atoms with Crippen molar-refractivity contribution in [2.45, 2.75) is 115 Å². The van der Waals surface area contributed by atoms with E-state index in [1.54, 1.807) is 30.5 Å². The minimum Gasteiger partial charge on any atom is -0.457 e. The molecule has 17 aromatic rings. The second-order valence-corrected chi connectivity index (χ2v) is 34.2. The van der Waals surface area contributed by atoms with Crippen molar-refractivity contribution in [3.8, 4) is 45.8 Å². The van der Waals surface area contributed by atoms with E-state index >= 15 is 0 Å². The van der Waals surface area contributed by atoms with E-state index in [0.29, 0.717) is 103 Å². The summed E-state index contributed by atoms with van der Waals surface area (Å²) >= 11 is 2.51. The molecule has 0 saturated heterocycles. The number of ether oxygens (including phenoxy) is 2. The molecule has 0 amide bonds. The molecule has 8 aromatic heterocycles. The summed E-state index contributed by atoms with van der Waals surface area (Å²) < 4.78 is 35.4. The molecule has 22 nitrogen and oxygen atoms in total. The lowest BCUT2D eigenvalue weighted by molar-refractivity contribution is 0.00690. The third kappa shape index (κ3) is 17.4. The Kier molecular flexibility index (Phi) is 22.0. The van der Waals surface area contributed by atoms with Crippen LogP contribution in [0.3, 0.4) is 0 Å². The lowest BCUT2D eigenvalue weighted by Gasteiger charge is -2.21. The molecule has 612 valence electrons. The lowest BCUT2D eigenvalue weighted by atomic mass is 10.1. The minimum absolute atomic E-state index is 0.0298. The molecule has 122 heavy (non-hydrogen) atoms. The molecule has 0 radical (unpaired) electrons. The van der Waals surface area contributed by atoms with Gasteiger partial charge in [-0.2, -0.15) is 0 Å². The van der Waals surface area contributed by atoms with Crippen LogP contribution in [0.25, 0.3) is 134 Å². The van der Waals surface area contributed by atoms with Gasteiger partial charge in [-0.3, -0.25) is 9.59 Å². The number of carbonyl (C=O) groups excluding carboxylic acids is 4. The Morgan fingerprint density at radius 2 is 0.656 bits per heavy atom. The summed E-state index contributed by atoms with van der Waals surface area (Å²) in [6, 6.07) is 72.9. The highest BCUT2D eigenvalue weighted by Gasteiger charge is 2.35. The van der Waals surface area contributed by atoms with Gasteiger partial charge >= 0.3 is 11.9 Å². The zero-order valence-electron chi connectivity index (χ0n) is 69.0. The van der Waals surface area contributed by atoms with E-state index < -0.39 is 5.60 Å². The third-order valence-corrected chi connectivity index (χ3v) is 23.3. The molecule has 4 saturated carbocycles. The maximum absolute atomic E-state index is 12.7. The number of carbonyl (C=O) groups is 4. The summed E-state index contributed by atoms with van der Waals surface area (Å²) in [6.07, 6.45) is 10.9. The number of furan rings is 4. The van der Waals surface area contributed by atoms with Crippen molar-refractivity contribution in [2.24, 2.45) is 0 Å². The third-order valence-electron chi connectivity index (χ3n) is 21.9. The van der Waals surface area contributed by atoms with Crippen molar-refractivity contribution in [2.75, 3.05) is 59.8 Å². The Labute approximate surface area is 712 Å². The van der Waals surface area contributed by atoms with Crippen molar-refractivity contribution >= 4 is 157 Å². The number of thioether (sulfide) groups is 2. The Balaban J connectivity index is 0.000000111. The Hall–Kier alpha value is -13.3. The average Bonchev–Trinajstić information content (AvgIpc) is 1.66. The van der Waals surface area contributed by atoms with Crippen molar-refractivity contribution in [3.05, 3.63) is 252 Å². The second kappa shape index (κ2) is 33.7. The van der Waals surface area contributed by atoms with Gasteiger partial charge in [0, 0.05) is 85.0 Å². The molecule has 0 spiro atoms. The molecular weight excluding hydrogens is 1570 g/mol. The molecule has 8 heterocycles. The second-order valence-electron chi connectivity index (χ2n) is 32.1. The predicted molar refractivity (Wildman–Crippen MR) is 486 cm³/mol. The largest absolute Gasteiger partial charge is 0.457 e. The molecule has 0 N–H and O–H groups in total. The van der Waals surface area contributed by atoms with Crippen LogP contribution >= 0.6 is 23.5 Å². The molecule has 0 bridgehead atoms. The first kappa shape index (κ1) is 79.8. The van der Waals surface area contributed by atoms with Crippen LogP contribution in [-0.2, 0) is 16.1 Å². The Bertz CT molecular complexity index is 6750. The first-order chi connectivity index (χ1) is 59.2. The quantitative estimate of drug-likeness (QED) is 0.0682. The average molecular weight is 1660 g/mol. The molecule has 0 atom stereocenters. The molecule has 4 fully saturated rings. The van der Waals surface area contributed by atoms with Gasteiger partial charge in [-0.1, -0.05) is 134 Å². The van der Waals surface area contributed by atoms with Crippen LogP contribution in [-0.4, -0.2) is 132 Å². The van der Waals surface area contributed by atoms with E-state index in [1.807, 2.05) is 242 Å². The topological polar surface area (TPSA) is 255 Å². The first-order valence-corrected chi connectivity index (χ1v) is 43.3. The Morgan fingerprint density at radius 3 is 0.959 bits per heavy atom. The Morgan fingerprint density at radius 1 is 0.361 bits per heavy atom. The predicted octanol–water partition coefficient (Wildman–Crippen LogP) is 22.3. The van der Waals surface area contributed by atoms with Gasteiger partial charge in [-0.05, 0) is 211 Å². The number of benzene rings is 9. The summed E-state index contributed by atoms with van der Waals surface area (Å²) in [5.74, 6) is 5.91. The van der Waals surface area contributed by atoms with Gasteiger partial charge < -0.3 is 46.7 Å². The standard InChI is InChI=1S/C28H23N3O3.C25H25N3O3.C23H21N3O2S.C22H19N3O2S/c1-31(21-12-13-21)27-26(25-16-19-9-5-6-10-24(19)34-25)29-22-14-11-20(15-23(22)30-27)28(32)33-17-18-7-3-2-4-8-18;1-25(2,3)31-24(29)16-9-12-18-19(13-16)27-23(28(4)17-10-11-17)22(26-18)21-14-15-7-5-6-8-20(15)30-21;1-3-29-23(27)15-8-11-17-18(12-15)25-22(26(2)16-9-10-16)21(24-17)20-13-14-6-4-5-7-19(14)28-20;1-25(15-8-9-15)21-20(19-12-13-5-3-4-6-18(13)27-19)23-16-10-7-14(22(26)28-2)11-17(16)24-21/h2-11,14-16,21H,12-13,17H2,1H3;5-9,12-14,17H,10-11H2,1-4H3;4-8,11-13,16H,3,9-10H2,1-2H3;3-7,10-12,15H,8-9H2,1-2H3. The molecule has 0 unspecified atom stereocenters. The van der Waals surface area contributed by atoms with Gasteiger partial charge in [0.1, 0.15) is 57.3 Å². The van der Waals surface area contributed by atoms with Crippen LogP contribution in [0.4, 0.5) is 23.3 Å². The number of esters is 2. The molecule has 21 rings (SSSR count). The van der Waals surface area contributed by atoms with E-state index in [1.165, 1.54) is 23.5 Å². The normalized spacial score (nSPS) is 13.8. The van der Waals surface area contributed by atoms with Gasteiger partial charge in [0.05, 0.1) is 55.3 Å². The zero-order valence-corrected chi connectivity index (χ0v) is 70.6. The molecular formula is C98H88N12O10S2. The van der Waals surface area contributed by atoms with Gasteiger partial charge in [0.2, 0.25) is 10.2 Å². The number of aromatic nitrogens is 8. The fourth-order valence-electron chi connectivity index (χ4n) is 14.7. The molecule has 0 aliphatic heterocycles. The fourth-order valence-corrected chi connectivity index (χ4v) is 15.7. The summed E-state index contributed by atoms with van der Waals surface area (Å²) in [7, 11) is 8.19. The van der Waals surface area contributed by atoms with E-state index in [9.17, 15) is 19.2 Å². The molecule has 9 aromatic carbocycles. The highest BCUT2D eigenvalue weighted by Crippen LogP contribution is 2.44. The monoisotopic (exact) mass is 1660 g/mol. The van der Waals surface area contributed by atoms with Crippen molar-refractivity contribution in [1.82, 2.24) is 39.9 Å². The van der Waals surface area contributed by atoms with Gasteiger partial charge in [-0.25, -0.2) is 49.5 Å². The number of hydrogen-bond acceptors (Lipinski definition) is 24. The van der Waals surface area contributed by atoms with E-state index in [4.69, 9.17) is 67.0 Å². The van der Waals surface area contributed by atoms with Crippen LogP contribution < -0.4 is 19.6 Å². The van der Waals surface area contributed by atoms with Crippen LogP contribution in [0.1, 0.15) is 126 Å². The van der Waals surface area contributed by atoms with Gasteiger partial charge in [0.15, 0.2) is 46.3 Å². The number of fused-ring (bicyclic) bond motifs is 8. The smallest absolute Gasteiger partial charge is 0.338 e. The number of para-hydroxylation sites is 4. The zero-order chi connectivity index (χ0) is 84.0. The van der Waals surface area contributed by atoms with Crippen molar-refractivity contribution < 1.29 is 46.3 Å². The molecule has 4 aliphatic carbocycles. The van der Waals surface area contributed by atoms with E-state index in [0.717, 1.165) is 163 Å². The fraction of sp³-hybridized carbons (Fsp3) is 0.245. The molecule has 4 aliphatic rings. The number of rotatable bonds is 19. The molecule has 24 heteroatoms. The van der Waals surface area contributed by atoms with E-state index in [2.05, 4.69) is 33.7 Å². The van der Waals surface area contributed by atoms with Crippen LogP contribution in [0.15, 0.2) is 242 Å². The summed E-state index contributed by atoms with van der Waals surface area (Å²) in [5.41, 5.74) is 14.5. The number of nitrogens with zero attached hydrogens (tertiary/aromatic N) is 12. The van der Waals surface area contributed by atoms with Crippen LogP contribution in [0.2, 0.25) is 0 Å². The van der Waals surface area contributed by atoms with Crippen LogP contribution in [0, 0.1) is 0 Å². The van der Waals surface area contributed by atoms with Crippen molar-refractivity contribution in [1.29, 1.82) is 0 Å². The minimum atomic E-state index is -0.555. The van der Waals surface area contributed by atoms with Crippen LogP contribution in [0.5, 0.6) is 0 Å². The first-order valence-electron chi connectivity index (χ1n) is 41.1. The highest BCUT2D eigenvalue weighted by molar-refractivity contribution is 8.14. The van der Waals surface area contributed by atoms with Crippen molar-refractivity contribution in [3.63, 3.8) is 0 Å². The lowest BCUT2D eigenvalue weighted by Crippen LogP contribution is -2.24. The summed E-state index contributed by atoms with van der Waals surface area (Å²) in [6.45, 7) is 7.77. The summed E-state index contributed by atoms with van der Waals surface area (Å²) in [4.78, 5) is 97.6. The van der Waals surface area contributed by atoms with E-state index in [-0.39, 0.29) is 28.8 Å². The maximum atomic E-state index is 12.7. The maximum Gasteiger partial charge on any atom is 0.338 e. The van der Waals surface area contributed by atoms with Gasteiger partial charge in [0.25, 0.3) is 0 Å². The highest BCUT2D eigenvalue weighted by atomic mass is 32.2. The van der Waals surface area contributed by atoms with Gasteiger partial charge in [-0.15, -0.1) is 0 Å². The SMILES string of the molecule is CCSC(=O)c1ccc2nc(-c3cc4ccccc4o3)c(N(C)C3CC3)nc2c1.CN(c1nc2cc(C(=O)OC(C)(C)C)ccc2nc1-c1cc2ccccc2o1)C1CC1.CN(c1nc2cc(C(=O)OCc3ccccc3)ccc2nc1-c1cc2ccccc2o1)C1CC1.CSC(=O)c1ccc2nc(-c3cc4ccccc4o3)c(N(C)C3CC3)nc2c1. The summed E-state index contributed by atoms with van der Waals surface area (Å²) in [5, 5.41) is 4.23.